The minimum absolute atomic E-state index is 0.0904. The van der Waals surface area contributed by atoms with Gasteiger partial charge in [0.2, 0.25) is 0 Å². The molecule has 1 amide bonds. The highest BCUT2D eigenvalue weighted by Crippen LogP contribution is 2.37. The molecule has 3 rings (SSSR count). The number of aromatic nitrogens is 4. The fourth-order valence-corrected chi connectivity index (χ4v) is 3.25. The lowest BCUT2D eigenvalue weighted by Crippen LogP contribution is -2.32. The first kappa shape index (κ1) is 27.0. The van der Waals surface area contributed by atoms with Crippen molar-refractivity contribution in [2.45, 2.75) is 45.3 Å². The second kappa shape index (κ2) is 9.44. The number of nitrogens with zero attached hydrogens (tertiary/aromatic N) is 3. The van der Waals surface area contributed by atoms with Crippen molar-refractivity contribution in [3.05, 3.63) is 46.9 Å². The number of carbonyl (C=O) groups excluding carboxylic acids is 1. The SMILES string of the molecule is Cc1n[nH]c(C(F)(F)F)c1NC(=O)c1cc(F)c(-c2cn(C)c([C@@H](C)O)n2)cc1O[C@@H](C)C(F)(F)F. The Bertz CT molecular complexity index is 1280. The maximum absolute atomic E-state index is 15.0. The number of carbonyl (C=O) groups is 1. The summed E-state index contributed by atoms with van der Waals surface area (Å²) in [5.74, 6) is -3.13. The van der Waals surface area contributed by atoms with Crippen LogP contribution in [-0.2, 0) is 13.2 Å². The highest BCUT2D eigenvalue weighted by molar-refractivity contribution is 6.07. The molecule has 196 valence electrons. The number of nitrogens with one attached hydrogen (secondary N) is 2. The Morgan fingerprint density at radius 3 is 2.36 bits per heavy atom. The van der Waals surface area contributed by atoms with Crippen molar-refractivity contribution >= 4 is 11.6 Å². The number of benzene rings is 1. The first-order chi connectivity index (χ1) is 16.5. The number of aliphatic hydroxyl groups is 1. The molecule has 0 aliphatic carbocycles. The maximum atomic E-state index is 15.0. The lowest BCUT2D eigenvalue weighted by Gasteiger charge is -2.20. The third-order valence-electron chi connectivity index (χ3n) is 5.11. The minimum atomic E-state index is -4.94. The van der Waals surface area contributed by atoms with Gasteiger partial charge < -0.3 is 19.7 Å². The molecule has 2 heterocycles. The zero-order chi connectivity index (χ0) is 27.2. The molecule has 0 radical (unpaired) electrons. The number of halogens is 7. The number of anilines is 1. The summed E-state index contributed by atoms with van der Waals surface area (Å²) >= 11 is 0. The van der Waals surface area contributed by atoms with Gasteiger partial charge in [-0.1, -0.05) is 0 Å². The molecule has 3 aromatic rings. The number of ether oxygens (including phenoxy) is 1. The molecule has 0 aliphatic rings. The van der Waals surface area contributed by atoms with E-state index < -0.39 is 59.0 Å². The molecule has 8 nitrogen and oxygen atoms in total. The summed E-state index contributed by atoms with van der Waals surface area (Å²) in [4.78, 5) is 16.9. The molecule has 15 heteroatoms. The van der Waals surface area contributed by atoms with Crippen molar-refractivity contribution in [1.29, 1.82) is 0 Å². The molecule has 0 fully saturated rings. The van der Waals surface area contributed by atoms with Crippen molar-refractivity contribution in [2.24, 2.45) is 7.05 Å². The monoisotopic (exact) mass is 523 g/mol. The lowest BCUT2D eigenvalue weighted by molar-refractivity contribution is -0.189. The van der Waals surface area contributed by atoms with Crippen molar-refractivity contribution in [1.82, 2.24) is 19.7 Å². The molecule has 0 unspecified atom stereocenters. The molecule has 3 N–H and O–H groups in total. The second-order valence-corrected chi connectivity index (χ2v) is 7.91. The Kier molecular flexibility index (Phi) is 7.08. The number of amides is 1. The third-order valence-corrected chi connectivity index (χ3v) is 5.11. The number of hydrogen-bond donors (Lipinski definition) is 3. The van der Waals surface area contributed by atoms with Crippen LogP contribution >= 0.6 is 0 Å². The van der Waals surface area contributed by atoms with E-state index in [1.165, 1.54) is 24.7 Å². The summed E-state index contributed by atoms with van der Waals surface area (Å²) < 4.78 is 101. The summed E-state index contributed by atoms with van der Waals surface area (Å²) in [6.07, 6.45) is -12.0. The molecule has 1 aromatic carbocycles. The van der Waals surface area contributed by atoms with Gasteiger partial charge in [0, 0.05) is 18.8 Å². The second-order valence-electron chi connectivity index (χ2n) is 7.91. The van der Waals surface area contributed by atoms with E-state index in [-0.39, 0.29) is 22.8 Å². The number of aryl methyl sites for hydroxylation is 2. The Hall–Kier alpha value is -3.62. The van der Waals surface area contributed by atoms with Crippen LogP contribution in [0.2, 0.25) is 0 Å². The Labute approximate surface area is 199 Å². The van der Waals surface area contributed by atoms with E-state index in [2.05, 4.69) is 10.1 Å². The van der Waals surface area contributed by atoms with Crippen molar-refractivity contribution in [3.63, 3.8) is 0 Å². The van der Waals surface area contributed by atoms with Crippen LogP contribution in [0.4, 0.5) is 36.4 Å². The normalized spacial score (nSPS) is 14.0. The van der Waals surface area contributed by atoms with Gasteiger partial charge >= 0.3 is 12.4 Å². The molecule has 0 saturated carbocycles. The third kappa shape index (κ3) is 5.45. The summed E-state index contributed by atoms with van der Waals surface area (Å²) in [7, 11) is 1.49. The molecular formula is C21H20F7N5O3. The highest BCUT2D eigenvalue weighted by atomic mass is 19.4. The van der Waals surface area contributed by atoms with Crippen molar-refractivity contribution in [2.75, 3.05) is 5.32 Å². The van der Waals surface area contributed by atoms with Gasteiger partial charge in [-0.3, -0.25) is 9.89 Å². The topological polar surface area (TPSA) is 105 Å². The molecule has 0 bridgehead atoms. The van der Waals surface area contributed by atoms with Gasteiger partial charge in [-0.05, 0) is 32.9 Å². The van der Waals surface area contributed by atoms with Crippen LogP contribution in [0.3, 0.4) is 0 Å². The molecular weight excluding hydrogens is 503 g/mol. The van der Waals surface area contributed by atoms with E-state index in [4.69, 9.17) is 4.74 Å². The van der Waals surface area contributed by atoms with Gasteiger partial charge in [0.1, 0.15) is 23.5 Å². The van der Waals surface area contributed by atoms with Crippen molar-refractivity contribution < 1.29 is 45.4 Å². The van der Waals surface area contributed by atoms with Gasteiger partial charge in [-0.15, -0.1) is 0 Å². The van der Waals surface area contributed by atoms with Crippen molar-refractivity contribution in [3.8, 4) is 17.0 Å². The standard InChI is InChI=1S/C21H20F7N5O3/c1-8-16(17(32-31-8)21(26,27)28)30-19(35)12-5-13(22)11(6-15(12)36-10(3)20(23,24)25)14-7-33(4)18(29-14)9(2)34/h5-7,9-10,34H,1-4H3,(H,30,35)(H,31,32)/t9-,10+/m1/s1. The summed E-state index contributed by atoms with van der Waals surface area (Å²) in [6, 6.07) is 1.32. The van der Waals surface area contributed by atoms with Gasteiger partial charge in [-0.2, -0.15) is 31.4 Å². The Morgan fingerprint density at radius 1 is 1.19 bits per heavy atom. The quantitative estimate of drug-likeness (QED) is 0.399. The first-order valence-corrected chi connectivity index (χ1v) is 10.2. The smallest absolute Gasteiger partial charge is 0.434 e. The van der Waals surface area contributed by atoms with Gasteiger partial charge in [0.05, 0.1) is 22.6 Å². The summed E-state index contributed by atoms with van der Waals surface area (Å²) in [5.41, 5.74) is -3.71. The van der Waals surface area contributed by atoms with E-state index in [1.54, 1.807) is 5.10 Å². The number of alkyl halides is 6. The van der Waals surface area contributed by atoms with Crippen LogP contribution in [0.15, 0.2) is 18.3 Å². The molecule has 2 atom stereocenters. The summed E-state index contributed by atoms with van der Waals surface area (Å²) in [5, 5.41) is 16.8. The zero-order valence-corrected chi connectivity index (χ0v) is 19.1. The first-order valence-electron chi connectivity index (χ1n) is 10.2. The van der Waals surface area contributed by atoms with Gasteiger partial charge in [0.15, 0.2) is 11.8 Å². The van der Waals surface area contributed by atoms with Gasteiger partial charge in [0.25, 0.3) is 5.91 Å². The zero-order valence-electron chi connectivity index (χ0n) is 19.1. The van der Waals surface area contributed by atoms with E-state index in [9.17, 15) is 36.2 Å². The van der Waals surface area contributed by atoms with E-state index in [0.717, 1.165) is 13.0 Å². The fourth-order valence-electron chi connectivity index (χ4n) is 3.25. The number of imidazole rings is 1. The fraction of sp³-hybridized carbons (Fsp3) is 0.381. The molecule has 0 spiro atoms. The molecule has 36 heavy (non-hydrogen) atoms. The summed E-state index contributed by atoms with van der Waals surface area (Å²) in [6.45, 7) is 3.18. The Balaban J connectivity index is 2.11. The van der Waals surface area contributed by atoms with Crippen LogP contribution < -0.4 is 10.1 Å². The van der Waals surface area contributed by atoms with E-state index >= 15 is 4.39 Å². The van der Waals surface area contributed by atoms with Crippen LogP contribution in [0.25, 0.3) is 11.3 Å². The molecule has 0 saturated heterocycles. The number of rotatable bonds is 6. The van der Waals surface area contributed by atoms with Crippen LogP contribution in [-0.4, -0.2) is 43.0 Å². The number of hydrogen-bond acceptors (Lipinski definition) is 5. The maximum Gasteiger partial charge on any atom is 0.434 e. The van der Waals surface area contributed by atoms with Gasteiger partial charge in [-0.25, -0.2) is 9.37 Å². The Morgan fingerprint density at radius 2 is 1.83 bits per heavy atom. The van der Waals surface area contributed by atoms with Crippen LogP contribution in [0.5, 0.6) is 5.75 Å². The lowest BCUT2D eigenvalue weighted by atomic mass is 10.1. The predicted octanol–water partition coefficient (Wildman–Crippen LogP) is 4.91. The molecule has 2 aromatic heterocycles. The highest BCUT2D eigenvalue weighted by Gasteiger charge is 2.40. The minimum Gasteiger partial charge on any atom is -0.480 e. The number of aliphatic hydroxyl groups excluding tert-OH is 1. The predicted molar refractivity (Wildman–Crippen MR) is 112 cm³/mol. The largest absolute Gasteiger partial charge is 0.480 e. The average molecular weight is 523 g/mol. The number of aromatic amines is 1. The number of H-pyrrole nitrogens is 1. The van der Waals surface area contributed by atoms with Crippen LogP contribution in [0.1, 0.15) is 47.5 Å². The van der Waals surface area contributed by atoms with Crippen LogP contribution in [0, 0.1) is 12.7 Å². The average Bonchev–Trinajstić information content (AvgIpc) is 3.30. The van der Waals surface area contributed by atoms with E-state index in [0.29, 0.717) is 13.0 Å². The van der Waals surface area contributed by atoms with E-state index in [1.807, 2.05) is 5.32 Å². The molecule has 0 aliphatic heterocycles.